The Balaban J connectivity index is 3.42. The topological polar surface area (TPSA) is 26.3 Å². The summed E-state index contributed by atoms with van der Waals surface area (Å²) in [6.07, 6.45) is -5.12. The lowest BCUT2D eigenvalue weighted by molar-refractivity contribution is -0.0889. The van der Waals surface area contributed by atoms with Crippen molar-refractivity contribution in [3.8, 4) is 5.75 Å². The summed E-state index contributed by atoms with van der Waals surface area (Å²) in [5.41, 5.74) is -1.12. The molecular formula is C10H8F4O2. The Morgan fingerprint density at radius 1 is 1.31 bits per heavy atom. The maximum Gasteiger partial charge on any atom is 0.455 e. The fourth-order valence-corrected chi connectivity index (χ4v) is 1.19. The van der Waals surface area contributed by atoms with Gasteiger partial charge in [0, 0.05) is 0 Å². The maximum atomic E-state index is 13.4. The number of carbonyl (C=O) groups excluding carboxylic acids is 1. The van der Waals surface area contributed by atoms with Crippen LogP contribution >= 0.6 is 0 Å². The van der Waals surface area contributed by atoms with E-state index in [0.717, 1.165) is 13.2 Å². The number of ketones is 1. The number of ether oxygens (including phenoxy) is 1. The predicted octanol–water partition coefficient (Wildman–Crippen LogP) is 2.89. The molecule has 1 aromatic carbocycles. The Kier molecular flexibility index (Phi) is 3.21. The third-order valence-electron chi connectivity index (χ3n) is 2.00. The molecule has 0 saturated heterocycles. The predicted molar refractivity (Wildman–Crippen MR) is 48.1 cm³/mol. The number of hydrogen-bond donors (Lipinski definition) is 0. The number of alkyl halides is 3. The first-order valence-corrected chi connectivity index (χ1v) is 4.23. The monoisotopic (exact) mass is 236 g/mol. The van der Waals surface area contributed by atoms with Gasteiger partial charge >= 0.3 is 6.18 Å². The summed E-state index contributed by atoms with van der Waals surface area (Å²) < 4.78 is 54.5. The van der Waals surface area contributed by atoms with Gasteiger partial charge in [-0.3, -0.25) is 4.79 Å². The lowest BCUT2D eigenvalue weighted by Crippen LogP contribution is -2.24. The van der Waals surface area contributed by atoms with Crippen molar-refractivity contribution in [1.29, 1.82) is 0 Å². The summed E-state index contributed by atoms with van der Waals surface area (Å²) >= 11 is 0. The summed E-state index contributed by atoms with van der Waals surface area (Å²) in [6.45, 7) is 1.27. The van der Waals surface area contributed by atoms with E-state index in [1.54, 1.807) is 0 Å². The van der Waals surface area contributed by atoms with E-state index in [9.17, 15) is 22.4 Å². The minimum absolute atomic E-state index is 0.0478. The highest BCUT2D eigenvalue weighted by Crippen LogP contribution is 2.30. The van der Waals surface area contributed by atoms with Crippen LogP contribution < -0.4 is 4.74 Å². The van der Waals surface area contributed by atoms with Crippen LogP contribution in [0.3, 0.4) is 0 Å². The number of methoxy groups -OCH3 is 1. The van der Waals surface area contributed by atoms with E-state index in [1.807, 2.05) is 0 Å². The van der Waals surface area contributed by atoms with Crippen molar-refractivity contribution in [1.82, 2.24) is 0 Å². The highest BCUT2D eigenvalue weighted by atomic mass is 19.4. The Morgan fingerprint density at radius 3 is 2.31 bits per heavy atom. The van der Waals surface area contributed by atoms with Crippen LogP contribution in [0.5, 0.6) is 5.75 Å². The fraction of sp³-hybridized carbons (Fsp3) is 0.300. The van der Waals surface area contributed by atoms with E-state index < -0.39 is 29.1 Å². The third kappa shape index (κ3) is 2.15. The van der Waals surface area contributed by atoms with Gasteiger partial charge in [-0.1, -0.05) is 6.07 Å². The fourth-order valence-electron chi connectivity index (χ4n) is 1.19. The summed E-state index contributed by atoms with van der Waals surface area (Å²) in [6, 6.07) is 2.36. The van der Waals surface area contributed by atoms with Gasteiger partial charge < -0.3 is 4.74 Å². The summed E-state index contributed by atoms with van der Waals surface area (Å²) in [5.74, 6) is -3.88. The normalized spacial score (nSPS) is 11.4. The number of aryl methyl sites for hydroxylation is 1. The van der Waals surface area contributed by atoms with Crippen molar-refractivity contribution in [3.05, 3.63) is 29.1 Å². The van der Waals surface area contributed by atoms with Gasteiger partial charge in [0.05, 0.1) is 7.11 Å². The number of Topliss-reactive ketones (excluding diaryl/α,β-unsaturated/α-hetero) is 1. The molecule has 0 amide bonds. The molecule has 0 unspecified atom stereocenters. The molecule has 0 aliphatic heterocycles. The number of rotatable bonds is 2. The van der Waals surface area contributed by atoms with Crippen LogP contribution in [0.2, 0.25) is 0 Å². The van der Waals surface area contributed by atoms with E-state index in [2.05, 4.69) is 4.74 Å². The van der Waals surface area contributed by atoms with Crippen LogP contribution in [0.4, 0.5) is 17.6 Å². The molecule has 0 spiro atoms. The molecule has 0 radical (unpaired) electrons. The standard InChI is InChI=1S/C10H8F4O2/c1-5-3-4-6(16-2)7(8(5)11)9(15)10(12,13)14/h3-4H,1-2H3. The molecule has 0 aliphatic rings. The highest BCUT2D eigenvalue weighted by molar-refractivity contribution is 6.03. The van der Waals surface area contributed by atoms with Crippen molar-refractivity contribution in [2.45, 2.75) is 13.1 Å². The van der Waals surface area contributed by atoms with Gasteiger partial charge in [0.15, 0.2) is 0 Å². The molecule has 6 heteroatoms. The van der Waals surface area contributed by atoms with E-state index >= 15 is 0 Å². The zero-order valence-corrected chi connectivity index (χ0v) is 8.48. The largest absolute Gasteiger partial charge is 0.496 e. The lowest BCUT2D eigenvalue weighted by Gasteiger charge is -2.11. The van der Waals surface area contributed by atoms with E-state index in [-0.39, 0.29) is 5.56 Å². The molecule has 1 rings (SSSR count). The zero-order chi connectivity index (χ0) is 12.5. The second-order valence-electron chi connectivity index (χ2n) is 3.10. The minimum atomic E-state index is -5.12. The molecule has 0 heterocycles. The molecule has 0 aliphatic carbocycles. The van der Waals surface area contributed by atoms with Crippen molar-refractivity contribution in [2.24, 2.45) is 0 Å². The van der Waals surface area contributed by atoms with Gasteiger partial charge in [0.1, 0.15) is 17.1 Å². The Hall–Kier alpha value is -1.59. The quantitative estimate of drug-likeness (QED) is 0.583. The molecule has 0 bridgehead atoms. The van der Waals surface area contributed by atoms with Gasteiger partial charge in [-0.15, -0.1) is 0 Å². The van der Waals surface area contributed by atoms with Crippen LogP contribution in [0.25, 0.3) is 0 Å². The SMILES string of the molecule is COc1ccc(C)c(F)c1C(=O)C(F)(F)F. The summed E-state index contributed by atoms with van der Waals surface area (Å²) in [4.78, 5) is 11.0. The second-order valence-corrected chi connectivity index (χ2v) is 3.10. The highest BCUT2D eigenvalue weighted by Gasteiger charge is 2.42. The van der Waals surface area contributed by atoms with Gasteiger partial charge in [-0.05, 0) is 18.6 Å². The van der Waals surface area contributed by atoms with Crippen LogP contribution in [-0.2, 0) is 0 Å². The molecule has 88 valence electrons. The lowest BCUT2D eigenvalue weighted by atomic mass is 10.0. The zero-order valence-electron chi connectivity index (χ0n) is 8.48. The summed E-state index contributed by atoms with van der Waals surface area (Å²) in [7, 11) is 1.07. The minimum Gasteiger partial charge on any atom is -0.496 e. The first kappa shape index (κ1) is 12.5. The van der Waals surface area contributed by atoms with Crippen molar-refractivity contribution < 1.29 is 27.1 Å². The van der Waals surface area contributed by atoms with Gasteiger partial charge in [0.2, 0.25) is 0 Å². The van der Waals surface area contributed by atoms with Crippen molar-refractivity contribution >= 4 is 5.78 Å². The molecule has 1 aromatic rings. The second kappa shape index (κ2) is 4.11. The van der Waals surface area contributed by atoms with Crippen LogP contribution in [0.15, 0.2) is 12.1 Å². The van der Waals surface area contributed by atoms with Crippen LogP contribution in [0.1, 0.15) is 15.9 Å². The molecule has 0 atom stereocenters. The van der Waals surface area contributed by atoms with Gasteiger partial charge in [-0.25, -0.2) is 4.39 Å². The van der Waals surface area contributed by atoms with Crippen molar-refractivity contribution in [2.75, 3.05) is 7.11 Å². The first-order valence-electron chi connectivity index (χ1n) is 4.23. The van der Waals surface area contributed by atoms with E-state index in [0.29, 0.717) is 0 Å². The average molecular weight is 236 g/mol. The smallest absolute Gasteiger partial charge is 0.455 e. The van der Waals surface area contributed by atoms with Crippen LogP contribution in [-0.4, -0.2) is 19.1 Å². The number of halogens is 4. The molecule has 0 aromatic heterocycles. The molecular weight excluding hydrogens is 228 g/mol. The van der Waals surface area contributed by atoms with E-state index in [4.69, 9.17) is 0 Å². The Morgan fingerprint density at radius 2 is 1.88 bits per heavy atom. The number of carbonyl (C=O) groups is 1. The van der Waals surface area contributed by atoms with E-state index in [1.165, 1.54) is 13.0 Å². The molecule has 0 fully saturated rings. The Labute approximate surface area is 88.8 Å². The molecule has 0 N–H and O–H groups in total. The molecule has 16 heavy (non-hydrogen) atoms. The molecule has 0 saturated carbocycles. The average Bonchev–Trinajstić information content (AvgIpc) is 2.19. The molecule has 2 nitrogen and oxygen atoms in total. The number of benzene rings is 1. The van der Waals surface area contributed by atoms with Crippen molar-refractivity contribution in [3.63, 3.8) is 0 Å². The van der Waals surface area contributed by atoms with Gasteiger partial charge in [-0.2, -0.15) is 13.2 Å². The summed E-state index contributed by atoms with van der Waals surface area (Å²) in [5, 5.41) is 0. The maximum absolute atomic E-state index is 13.4. The first-order chi connectivity index (χ1) is 7.29. The van der Waals surface area contributed by atoms with Crippen LogP contribution in [0, 0.1) is 12.7 Å². The Bertz CT molecular complexity index is 424. The van der Waals surface area contributed by atoms with Gasteiger partial charge in [0.25, 0.3) is 5.78 Å². The third-order valence-corrected chi connectivity index (χ3v) is 2.00. The number of hydrogen-bond acceptors (Lipinski definition) is 2.